The summed E-state index contributed by atoms with van der Waals surface area (Å²) in [5.41, 5.74) is 6.66. The summed E-state index contributed by atoms with van der Waals surface area (Å²) >= 11 is 0. The summed E-state index contributed by atoms with van der Waals surface area (Å²) in [7, 11) is 0. The van der Waals surface area contributed by atoms with Crippen LogP contribution in [0.5, 0.6) is 0 Å². The summed E-state index contributed by atoms with van der Waals surface area (Å²) in [6.45, 7) is 7.38. The van der Waals surface area contributed by atoms with Crippen molar-refractivity contribution >= 4 is 5.91 Å². The summed E-state index contributed by atoms with van der Waals surface area (Å²) in [4.78, 5) is 13.1. The maximum Gasteiger partial charge on any atom is 0.239 e. The summed E-state index contributed by atoms with van der Waals surface area (Å²) in [6, 6.07) is -0.269. The Morgan fingerprint density at radius 3 is 2.92 bits per heavy atom. The molecule has 1 amide bonds. The van der Waals surface area contributed by atoms with Crippen molar-refractivity contribution in [3.05, 3.63) is 12.2 Å². The number of amides is 1. The van der Waals surface area contributed by atoms with Gasteiger partial charge in [-0.25, -0.2) is 0 Å². The third-order valence-electron chi connectivity index (χ3n) is 2.25. The first-order valence-corrected chi connectivity index (χ1v) is 4.36. The highest BCUT2D eigenvalue weighted by molar-refractivity contribution is 5.83. The van der Waals surface area contributed by atoms with Crippen LogP contribution in [0.1, 0.15) is 19.8 Å². The zero-order valence-corrected chi connectivity index (χ0v) is 7.55. The molecule has 68 valence electrons. The molecule has 0 aromatic carbocycles. The Morgan fingerprint density at radius 1 is 1.83 bits per heavy atom. The molecule has 0 radical (unpaired) electrons. The first-order chi connectivity index (χ1) is 5.65. The van der Waals surface area contributed by atoms with E-state index in [1.165, 1.54) is 0 Å². The molecule has 0 aliphatic carbocycles. The minimum Gasteiger partial charge on any atom is -0.337 e. The van der Waals surface area contributed by atoms with Crippen LogP contribution in [0.2, 0.25) is 0 Å². The van der Waals surface area contributed by atoms with E-state index in [0.29, 0.717) is 6.54 Å². The van der Waals surface area contributed by atoms with Crippen molar-refractivity contribution in [3.8, 4) is 0 Å². The number of carbonyl (C=O) groups is 1. The predicted molar refractivity (Wildman–Crippen MR) is 48.6 cm³/mol. The van der Waals surface area contributed by atoms with Crippen molar-refractivity contribution in [1.82, 2.24) is 4.90 Å². The van der Waals surface area contributed by atoms with Crippen molar-refractivity contribution in [2.75, 3.05) is 13.1 Å². The van der Waals surface area contributed by atoms with E-state index < -0.39 is 0 Å². The van der Waals surface area contributed by atoms with Gasteiger partial charge in [0.15, 0.2) is 0 Å². The van der Waals surface area contributed by atoms with Crippen LogP contribution in [0, 0.1) is 0 Å². The molecule has 0 bridgehead atoms. The number of hydrogen-bond donors (Lipinski definition) is 1. The molecular weight excluding hydrogens is 152 g/mol. The van der Waals surface area contributed by atoms with Gasteiger partial charge in [0.2, 0.25) is 5.91 Å². The summed E-state index contributed by atoms with van der Waals surface area (Å²) < 4.78 is 0. The zero-order valence-electron chi connectivity index (χ0n) is 7.55. The highest BCUT2D eigenvalue weighted by Crippen LogP contribution is 2.11. The average molecular weight is 168 g/mol. The highest BCUT2D eigenvalue weighted by atomic mass is 16.2. The third kappa shape index (κ3) is 1.85. The SMILES string of the molecule is C=C(CC)CN1CCC(N)C1=O. The normalized spacial score (nSPS) is 23.3. The molecule has 3 heteroatoms. The molecule has 0 aromatic heterocycles. The maximum atomic E-state index is 11.3. The molecule has 0 saturated carbocycles. The molecule has 1 heterocycles. The fourth-order valence-corrected chi connectivity index (χ4v) is 1.30. The van der Waals surface area contributed by atoms with Crippen LogP contribution in [0.3, 0.4) is 0 Å². The minimum atomic E-state index is -0.269. The van der Waals surface area contributed by atoms with Crippen molar-refractivity contribution in [2.45, 2.75) is 25.8 Å². The quantitative estimate of drug-likeness (QED) is 0.624. The number of nitrogens with zero attached hydrogens (tertiary/aromatic N) is 1. The van der Waals surface area contributed by atoms with Crippen molar-refractivity contribution in [3.63, 3.8) is 0 Å². The van der Waals surface area contributed by atoms with E-state index in [2.05, 4.69) is 6.58 Å². The van der Waals surface area contributed by atoms with Gasteiger partial charge in [0.05, 0.1) is 6.04 Å². The first-order valence-electron chi connectivity index (χ1n) is 4.36. The van der Waals surface area contributed by atoms with Crippen LogP contribution >= 0.6 is 0 Å². The number of likely N-dealkylation sites (tertiary alicyclic amines) is 1. The molecule has 1 rings (SSSR count). The molecular formula is C9H16N2O. The Morgan fingerprint density at radius 2 is 2.50 bits per heavy atom. The van der Waals surface area contributed by atoms with Crippen LogP contribution < -0.4 is 5.73 Å². The third-order valence-corrected chi connectivity index (χ3v) is 2.25. The fourth-order valence-electron chi connectivity index (χ4n) is 1.30. The second-order valence-electron chi connectivity index (χ2n) is 3.26. The highest BCUT2D eigenvalue weighted by Gasteiger charge is 2.27. The Labute approximate surface area is 73.2 Å². The van der Waals surface area contributed by atoms with Gasteiger partial charge in [-0.1, -0.05) is 19.1 Å². The van der Waals surface area contributed by atoms with E-state index in [1.54, 1.807) is 4.90 Å². The van der Waals surface area contributed by atoms with Crippen molar-refractivity contribution < 1.29 is 4.79 Å². The van der Waals surface area contributed by atoms with Crippen molar-refractivity contribution in [2.24, 2.45) is 5.73 Å². The predicted octanol–water partition coefficient (Wildman–Crippen LogP) is 0.512. The lowest BCUT2D eigenvalue weighted by Crippen LogP contribution is -2.34. The molecule has 0 spiro atoms. The van der Waals surface area contributed by atoms with E-state index in [-0.39, 0.29) is 11.9 Å². The van der Waals surface area contributed by atoms with Gasteiger partial charge in [0.1, 0.15) is 0 Å². The molecule has 2 N–H and O–H groups in total. The monoisotopic (exact) mass is 168 g/mol. The van der Waals surface area contributed by atoms with Crippen LogP contribution in [0.15, 0.2) is 12.2 Å². The molecule has 1 aliphatic rings. The largest absolute Gasteiger partial charge is 0.337 e. The average Bonchev–Trinajstić information content (AvgIpc) is 2.36. The van der Waals surface area contributed by atoms with Gasteiger partial charge in [0.25, 0.3) is 0 Å². The summed E-state index contributed by atoms with van der Waals surface area (Å²) in [5, 5.41) is 0. The molecule has 1 unspecified atom stereocenters. The lowest BCUT2D eigenvalue weighted by molar-refractivity contribution is -0.128. The zero-order chi connectivity index (χ0) is 9.14. The Kier molecular flexibility index (Phi) is 2.87. The Balaban J connectivity index is 2.44. The van der Waals surface area contributed by atoms with Gasteiger partial charge in [-0.3, -0.25) is 4.79 Å². The van der Waals surface area contributed by atoms with Gasteiger partial charge in [-0.05, 0) is 12.8 Å². The summed E-state index contributed by atoms with van der Waals surface area (Å²) in [5.74, 6) is 0.0737. The van der Waals surface area contributed by atoms with E-state index >= 15 is 0 Å². The Hall–Kier alpha value is -0.830. The second kappa shape index (κ2) is 3.72. The second-order valence-corrected chi connectivity index (χ2v) is 3.26. The standard InChI is InChI=1S/C9H16N2O/c1-3-7(2)6-11-5-4-8(10)9(11)12/h8H,2-6,10H2,1H3. The van der Waals surface area contributed by atoms with Gasteiger partial charge >= 0.3 is 0 Å². The number of nitrogens with two attached hydrogens (primary N) is 1. The van der Waals surface area contributed by atoms with Crippen LogP contribution in [-0.2, 0) is 4.79 Å². The molecule has 1 fully saturated rings. The molecule has 1 aliphatic heterocycles. The van der Waals surface area contributed by atoms with Gasteiger partial charge in [0, 0.05) is 13.1 Å². The molecule has 0 aromatic rings. The molecule has 1 saturated heterocycles. The van der Waals surface area contributed by atoms with Gasteiger partial charge in [-0.2, -0.15) is 0 Å². The van der Waals surface area contributed by atoms with Gasteiger partial charge < -0.3 is 10.6 Å². The van der Waals surface area contributed by atoms with Crippen LogP contribution in [-0.4, -0.2) is 29.9 Å². The minimum absolute atomic E-state index is 0.0737. The van der Waals surface area contributed by atoms with E-state index in [1.807, 2.05) is 6.92 Å². The van der Waals surface area contributed by atoms with Crippen LogP contribution in [0.4, 0.5) is 0 Å². The number of carbonyl (C=O) groups excluding carboxylic acids is 1. The molecule has 3 nitrogen and oxygen atoms in total. The van der Waals surface area contributed by atoms with E-state index in [9.17, 15) is 4.79 Å². The van der Waals surface area contributed by atoms with Gasteiger partial charge in [-0.15, -0.1) is 0 Å². The summed E-state index contributed by atoms with van der Waals surface area (Å²) in [6.07, 6.45) is 1.72. The van der Waals surface area contributed by atoms with Crippen molar-refractivity contribution in [1.29, 1.82) is 0 Å². The maximum absolute atomic E-state index is 11.3. The smallest absolute Gasteiger partial charge is 0.239 e. The van der Waals surface area contributed by atoms with Crippen LogP contribution in [0.25, 0.3) is 0 Å². The van der Waals surface area contributed by atoms with E-state index in [0.717, 1.165) is 25.0 Å². The fraction of sp³-hybridized carbons (Fsp3) is 0.667. The number of rotatable bonds is 3. The molecule has 12 heavy (non-hydrogen) atoms. The van der Waals surface area contributed by atoms with E-state index in [4.69, 9.17) is 5.73 Å². The topological polar surface area (TPSA) is 46.3 Å². The first kappa shape index (κ1) is 9.26. The molecule has 1 atom stereocenters. The lowest BCUT2D eigenvalue weighted by atomic mass is 10.2. The number of hydrogen-bond acceptors (Lipinski definition) is 2. The lowest BCUT2D eigenvalue weighted by Gasteiger charge is -2.16. The Bertz CT molecular complexity index is 201.